The van der Waals surface area contributed by atoms with Gasteiger partial charge in [-0.15, -0.1) is 0 Å². The van der Waals surface area contributed by atoms with Crippen LogP contribution in [0.15, 0.2) is 54.9 Å². The van der Waals surface area contributed by atoms with Crippen LogP contribution < -0.4 is 5.32 Å². The molecule has 0 unspecified atom stereocenters. The second-order valence-corrected chi connectivity index (χ2v) is 6.27. The van der Waals surface area contributed by atoms with Gasteiger partial charge in [0.25, 0.3) is 5.91 Å². The van der Waals surface area contributed by atoms with Gasteiger partial charge in [0.2, 0.25) is 0 Å². The van der Waals surface area contributed by atoms with E-state index in [1.807, 2.05) is 18.2 Å². The highest BCUT2D eigenvalue weighted by atomic mass is 16.3. The predicted molar refractivity (Wildman–Crippen MR) is 92.4 cm³/mol. The largest absolute Gasteiger partial charge is 0.396 e. The molecule has 2 aromatic rings. The maximum atomic E-state index is 12.4. The molecule has 0 bridgehead atoms. The minimum atomic E-state index is -0.131. The Hall–Kier alpha value is -2.24. The highest BCUT2D eigenvalue weighted by molar-refractivity contribution is 5.94. The standard InChI is InChI=1S/C19H23N3O2/c23-14-17-8-10-22(12-15-5-2-1-3-6-15)13-18(17)21-19(24)16-7-4-9-20-11-16/h1-7,9,11,17-18,23H,8,10,12-14H2,(H,21,24)/t17-,18-/m1/s1. The summed E-state index contributed by atoms with van der Waals surface area (Å²) in [6, 6.07) is 13.8. The number of hydrogen-bond donors (Lipinski definition) is 2. The van der Waals surface area contributed by atoms with E-state index < -0.39 is 0 Å². The van der Waals surface area contributed by atoms with Crippen molar-refractivity contribution in [2.75, 3.05) is 19.7 Å². The molecule has 0 saturated carbocycles. The lowest BCUT2D eigenvalue weighted by Crippen LogP contribution is -2.53. The molecule has 1 aromatic heterocycles. The van der Waals surface area contributed by atoms with Gasteiger partial charge in [-0.2, -0.15) is 0 Å². The molecule has 5 heteroatoms. The predicted octanol–water partition coefficient (Wildman–Crippen LogP) is 1.69. The number of hydrogen-bond acceptors (Lipinski definition) is 4. The van der Waals surface area contributed by atoms with Crippen LogP contribution in [-0.2, 0) is 6.54 Å². The van der Waals surface area contributed by atoms with Gasteiger partial charge in [0.15, 0.2) is 0 Å². The first kappa shape index (κ1) is 16.6. The van der Waals surface area contributed by atoms with E-state index in [0.29, 0.717) is 5.56 Å². The number of benzene rings is 1. The number of aromatic nitrogens is 1. The quantitative estimate of drug-likeness (QED) is 0.878. The molecule has 126 valence electrons. The molecular weight excluding hydrogens is 302 g/mol. The van der Waals surface area contributed by atoms with Crippen LogP contribution in [0.5, 0.6) is 0 Å². The van der Waals surface area contributed by atoms with E-state index in [1.54, 1.807) is 24.5 Å². The van der Waals surface area contributed by atoms with Gasteiger partial charge in [0, 0.05) is 44.0 Å². The van der Waals surface area contributed by atoms with Crippen molar-refractivity contribution in [3.63, 3.8) is 0 Å². The van der Waals surface area contributed by atoms with Gasteiger partial charge < -0.3 is 10.4 Å². The van der Waals surface area contributed by atoms with Crippen molar-refractivity contribution in [2.24, 2.45) is 5.92 Å². The van der Waals surface area contributed by atoms with Crippen LogP contribution in [0.2, 0.25) is 0 Å². The van der Waals surface area contributed by atoms with Gasteiger partial charge in [-0.1, -0.05) is 30.3 Å². The molecule has 2 N–H and O–H groups in total. The molecule has 2 heterocycles. The second kappa shape index (κ2) is 8.04. The van der Waals surface area contributed by atoms with Crippen LogP contribution in [0.4, 0.5) is 0 Å². The van der Waals surface area contributed by atoms with Crippen LogP contribution in [0.1, 0.15) is 22.3 Å². The van der Waals surface area contributed by atoms with E-state index in [1.165, 1.54) is 5.56 Å². The molecule has 3 rings (SSSR count). The number of nitrogens with one attached hydrogen (secondary N) is 1. The summed E-state index contributed by atoms with van der Waals surface area (Å²) in [4.78, 5) is 18.7. The first-order valence-corrected chi connectivity index (χ1v) is 8.34. The smallest absolute Gasteiger partial charge is 0.253 e. The summed E-state index contributed by atoms with van der Waals surface area (Å²) in [6.07, 6.45) is 4.09. The molecule has 0 spiro atoms. The van der Waals surface area contributed by atoms with Gasteiger partial charge >= 0.3 is 0 Å². The summed E-state index contributed by atoms with van der Waals surface area (Å²) < 4.78 is 0. The van der Waals surface area contributed by atoms with Crippen molar-refractivity contribution < 1.29 is 9.90 Å². The van der Waals surface area contributed by atoms with Crippen molar-refractivity contribution in [2.45, 2.75) is 19.0 Å². The number of pyridine rings is 1. The van der Waals surface area contributed by atoms with Crippen molar-refractivity contribution in [1.82, 2.24) is 15.2 Å². The molecule has 1 aliphatic rings. The molecule has 0 radical (unpaired) electrons. The Morgan fingerprint density at radius 3 is 2.79 bits per heavy atom. The molecule has 5 nitrogen and oxygen atoms in total. The zero-order valence-electron chi connectivity index (χ0n) is 13.6. The molecule has 1 aromatic carbocycles. The zero-order valence-corrected chi connectivity index (χ0v) is 13.6. The molecule has 0 aliphatic carbocycles. The number of rotatable bonds is 5. The minimum Gasteiger partial charge on any atom is -0.396 e. The van der Waals surface area contributed by atoms with Gasteiger partial charge in [-0.3, -0.25) is 14.7 Å². The Bertz CT molecular complexity index is 648. The summed E-state index contributed by atoms with van der Waals surface area (Å²) >= 11 is 0. The van der Waals surface area contributed by atoms with Crippen molar-refractivity contribution in [1.29, 1.82) is 0 Å². The molecular formula is C19H23N3O2. The van der Waals surface area contributed by atoms with Crippen LogP contribution in [0.3, 0.4) is 0 Å². The molecule has 2 atom stereocenters. The van der Waals surface area contributed by atoms with Crippen molar-refractivity contribution >= 4 is 5.91 Å². The van der Waals surface area contributed by atoms with Crippen LogP contribution >= 0.6 is 0 Å². The van der Waals surface area contributed by atoms with Crippen LogP contribution in [-0.4, -0.2) is 46.6 Å². The Morgan fingerprint density at radius 2 is 2.08 bits per heavy atom. The first-order chi connectivity index (χ1) is 11.8. The van der Waals surface area contributed by atoms with E-state index in [4.69, 9.17) is 0 Å². The number of aliphatic hydroxyl groups is 1. The lowest BCUT2D eigenvalue weighted by atomic mass is 9.91. The number of amides is 1. The third kappa shape index (κ3) is 4.19. The van der Waals surface area contributed by atoms with Gasteiger partial charge in [0.05, 0.1) is 5.56 Å². The highest BCUT2D eigenvalue weighted by Crippen LogP contribution is 2.20. The summed E-state index contributed by atoms with van der Waals surface area (Å²) in [5, 5.41) is 12.7. The lowest BCUT2D eigenvalue weighted by Gasteiger charge is -2.38. The summed E-state index contributed by atoms with van der Waals surface area (Å²) in [5.41, 5.74) is 1.81. The molecule has 1 saturated heterocycles. The second-order valence-electron chi connectivity index (χ2n) is 6.27. The van der Waals surface area contributed by atoms with E-state index >= 15 is 0 Å². The minimum absolute atomic E-state index is 0.0554. The maximum Gasteiger partial charge on any atom is 0.253 e. The first-order valence-electron chi connectivity index (χ1n) is 8.34. The number of piperidine rings is 1. The van der Waals surface area contributed by atoms with Crippen molar-refractivity contribution in [3.05, 3.63) is 66.0 Å². The van der Waals surface area contributed by atoms with Crippen LogP contribution in [0, 0.1) is 5.92 Å². The third-order valence-corrected chi connectivity index (χ3v) is 4.56. The number of carbonyl (C=O) groups is 1. The molecule has 1 amide bonds. The maximum absolute atomic E-state index is 12.4. The Labute approximate surface area is 142 Å². The fourth-order valence-electron chi connectivity index (χ4n) is 3.18. The zero-order chi connectivity index (χ0) is 16.8. The van der Waals surface area contributed by atoms with E-state index in [-0.39, 0.29) is 24.5 Å². The van der Waals surface area contributed by atoms with E-state index in [0.717, 1.165) is 26.1 Å². The number of aliphatic hydroxyl groups excluding tert-OH is 1. The third-order valence-electron chi connectivity index (χ3n) is 4.56. The Morgan fingerprint density at radius 1 is 1.25 bits per heavy atom. The monoisotopic (exact) mass is 325 g/mol. The normalized spacial score (nSPS) is 21.4. The molecule has 1 fully saturated rings. The van der Waals surface area contributed by atoms with E-state index in [2.05, 4.69) is 27.3 Å². The summed E-state index contributed by atoms with van der Waals surface area (Å²) in [7, 11) is 0. The Kier molecular flexibility index (Phi) is 5.56. The van der Waals surface area contributed by atoms with Crippen LogP contribution in [0.25, 0.3) is 0 Å². The molecule has 24 heavy (non-hydrogen) atoms. The Balaban J connectivity index is 1.64. The SMILES string of the molecule is O=C(N[C@@H]1CN(Cc2ccccc2)CC[C@@H]1CO)c1cccnc1. The van der Waals surface area contributed by atoms with Gasteiger partial charge in [-0.05, 0) is 30.7 Å². The average Bonchev–Trinajstić information content (AvgIpc) is 2.63. The fraction of sp³-hybridized carbons (Fsp3) is 0.368. The highest BCUT2D eigenvalue weighted by Gasteiger charge is 2.30. The molecule has 1 aliphatic heterocycles. The topological polar surface area (TPSA) is 65.5 Å². The fourth-order valence-corrected chi connectivity index (χ4v) is 3.18. The number of likely N-dealkylation sites (tertiary alicyclic amines) is 1. The number of carbonyl (C=O) groups excluding carboxylic acids is 1. The van der Waals surface area contributed by atoms with Gasteiger partial charge in [0.1, 0.15) is 0 Å². The lowest BCUT2D eigenvalue weighted by molar-refractivity contribution is 0.0730. The summed E-state index contributed by atoms with van der Waals surface area (Å²) in [6.45, 7) is 2.63. The van der Waals surface area contributed by atoms with Crippen molar-refractivity contribution in [3.8, 4) is 0 Å². The van der Waals surface area contributed by atoms with E-state index in [9.17, 15) is 9.90 Å². The number of nitrogens with zero attached hydrogens (tertiary/aromatic N) is 2. The average molecular weight is 325 g/mol. The van der Waals surface area contributed by atoms with Gasteiger partial charge in [-0.25, -0.2) is 0 Å². The summed E-state index contributed by atoms with van der Waals surface area (Å²) in [5.74, 6) is -0.0363.